The Morgan fingerprint density at radius 2 is 2.17 bits per heavy atom. The van der Waals surface area contributed by atoms with Crippen LogP contribution in [0.15, 0.2) is 24.4 Å². The van der Waals surface area contributed by atoms with Crippen molar-refractivity contribution in [3.05, 3.63) is 35.0 Å². The summed E-state index contributed by atoms with van der Waals surface area (Å²) in [7, 11) is 0. The molecule has 7 nitrogen and oxygen atoms in total. The average molecular weight is 335 g/mol. The highest BCUT2D eigenvalue weighted by Gasteiger charge is 2.24. The van der Waals surface area contributed by atoms with Crippen LogP contribution in [0.3, 0.4) is 0 Å². The monoisotopic (exact) mass is 334 g/mol. The molecule has 2 amide bonds. The van der Waals surface area contributed by atoms with Gasteiger partial charge < -0.3 is 10.5 Å². The summed E-state index contributed by atoms with van der Waals surface area (Å²) in [6, 6.07) is 5.05. The topological polar surface area (TPSA) is 106 Å². The first-order valence-corrected chi connectivity index (χ1v) is 7.49. The number of pyridine rings is 1. The summed E-state index contributed by atoms with van der Waals surface area (Å²) in [5.41, 5.74) is 11.7. The number of hydrogen-bond donors (Lipinski definition) is 3. The van der Waals surface area contributed by atoms with Crippen LogP contribution in [0.4, 0.5) is 5.69 Å². The normalized spacial score (nSPS) is 17.2. The standard InChI is InChI=1S/C15H15ClN4O3/c16-8-3-4-11-9(6-8)13(17)10(7-18-11)14(21)19-20-15(22)12-2-1-5-23-12/h3-4,6-7,12H,1-2,5H2,(H2,17,18)(H,19,21)(H,20,22). The zero-order valence-corrected chi connectivity index (χ0v) is 12.9. The quantitative estimate of drug-likeness (QED) is 0.720. The first-order chi connectivity index (χ1) is 11.1. The maximum absolute atomic E-state index is 12.2. The molecule has 0 aliphatic carbocycles. The molecule has 2 heterocycles. The summed E-state index contributed by atoms with van der Waals surface area (Å²) in [6.45, 7) is 0.550. The highest BCUT2D eigenvalue weighted by Crippen LogP contribution is 2.25. The van der Waals surface area contributed by atoms with E-state index in [-0.39, 0.29) is 17.2 Å². The average Bonchev–Trinajstić information content (AvgIpc) is 3.08. The number of anilines is 1. The SMILES string of the molecule is Nc1c(C(=O)NNC(=O)C2CCCO2)cnc2ccc(Cl)cc12. The molecule has 0 bridgehead atoms. The molecule has 8 heteroatoms. The van der Waals surface area contributed by atoms with Crippen LogP contribution in [0.5, 0.6) is 0 Å². The molecular weight excluding hydrogens is 320 g/mol. The second-order valence-electron chi connectivity index (χ2n) is 5.19. The van der Waals surface area contributed by atoms with Crippen LogP contribution in [0.2, 0.25) is 5.02 Å². The Balaban J connectivity index is 1.75. The summed E-state index contributed by atoms with van der Waals surface area (Å²) in [6.07, 6.45) is 2.30. The first kappa shape index (κ1) is 15.5. The molecule has 1 aliphatic rings. The fourth-order valence-corrected chi connectivity index (χ4v) is 2.59. The number of hydrogen-bond acceptors (Lipinski definition) is 5. The largest absolute Gasteiger partial charge is 0.397 e. The van der Waals surface area contributed by atoms with E-state index in [2.05, 4.69) is 15.8 Å². The Bertz CT molecular complexity index is 775. The molecular formula is C15H15ClN4O3. The summed E-state index contributed by atoms with van der Waals surface area (Å²) in [4.78, 5) is 28.2. The lowest BCUT2D eigenvalue weighted by Crippen LogP contribution is -2.46. The molecule has 0 radical (unpaired) electrons. The first-order valence-electron chi connectivity index (χ1n) is 7.12. The summed E-state index contributed by atoms with van der Waals surface area (Å²) in [5.74, 6) is -0.936. The zero-order chi connectivity index (χ0) is 16.4. The molecule has 0 saturated carbocycles. The zero-order valence-electron chi connectivity index (χ0n) is 12.1. The number of ether oxygens (including phenoxy) is 1. The van der Waals surface area contributed by atoms with Crippen LogP contribution in [0.1, 0.15) is 23.2 Å². The maximum atomic E-state index is 12.2. The summed E-state index contributed by atoms with van der Waals surface area (Å²) in [5, 5.41) is 1.07. The molecule has 1 aliphatic heterocycles. The molecule has 1 aromatic heterocycles. The minimum Gasteiger partial charge on any atom is -0.397 e. The van der Waals surface area contributed by atoms with Crippen molar-refractivity contribution in [1.82, 2.24) is 15.8 Å². The van der Waals surface area contributed by atoms with Crippen LogP contribution < -0.4 is 16.6 Å². The maximum Gasteiger partial charge on any atom is 0.273 e. The Labute approximate surface area is 137 Å². The molecule has 1 unspecified atom stereocenters. The van der Waals surface area contributed by atoms with E-state index in [4.69, 9.17) is 22.1 Å². The number of hydrazine groups is 1. The lowest BCUT2D eigenvalue weighted by Gasteiger charge is -2.13. The number of carbonyl (C=O) groups excluding carboxylic acids is 2. The van der Waals surface area contributed by atoms with Crippen LogP contribution in [0.25, 0.3) is 10.9 Å². The van der Waals surface area contributed by atoms with E-state index >= 15 is 0 Å². The Morgan fingerprint density at radius 3 is 2.91 bits per heavy atom. The van der Waals surface area contributed by atoms with E-state index in [1.54, 1.807) is 18.2 Å². The number of benzene rings is 1. The highest BCUT2D eigenvalue weighted by atomic mass is 35.5. The van der Waals surface area contributed by atoms with E-state index in [9.17, 15) is 9.59 Å². The van der Waals surface area contributed by atoms with Crippen LogP contribution in [-0.4, -0.2) is 29.5 Å². The Kier molecular flexibility index (Phi) is 4.31. The second-order valence-corrected chi connectivity index (χ2v) is 5.63. The minimum atomic E-state index is -0.553. The van der Waals surface area contributed by atoms with E-state index in [0.29, 0.717) is 29.0 Å². The van der Waals surface area contributed by atoms with Crippen LogP contribution in [0, 0.1) is 0 Å². The fourth-order valence-electron chi connectivity index (χ4n) is 2.42. The van der Waals surface area contributed by atoms with Gasteiger partial charge in [-0.1, -0.05) is 11.6 Å². The van der Waals surface area contributed by atoms with Crippen molar-refractivity contribution >= 4 is 40.0 Å². The third-order valence-corrected chi connectivity index (χ3v) is 3.87. The number of amides is 2. The summed E-state index contributed by atoms with van der Waals surface area (Å²) >= 11 is 5.94. The molecule has 4 N–H and O–H groups in total. The van der Waals surface area contributed by atoms with Crippen molar-refractivity contribution < 1.29 is 14.3 Å². The number of nitrogen functional groups attached to an aromatic ring is 1. The number of fused-ring (bicyclic) bond motifs is 1. The number of nitrogens with two attached hydrogens (primary N) is 1. The lowest BCUT2D eigenvalue weighted by atomic mass is 10.1. The van der Waals surface area contributed by atoms with Gasteiger partial charge in [0.05, 0.1) is 16.8 Å². The van der Waals surface area contributed by atoms with Crippen molar-refractivity contribution in [3.8, 4) is 0 Å². The van der Waals surface area contributed by atoms with Crippen LogP contribution >= 0.6 is 11.6 Å². The smallest absolute Gasteiger partial charge is 0.273 e. The molecule has 1 aromatic carbocycles. The van der Waals surface area contributed by atoms with Gasteiger partial charge in [0.1, 0.15) is 6.10 Å². The number of halogens is 1. The highest BCUT2D eigenvalue weighted by molar-refractivity contribution is 6.31. The molecule has 1 fully saturated rings. The number of nitrogens with zero attached hydrogens (tertiary/aromatic N) is 1. The van der Waals surface area contributed by atoms with Gasteiger partial charge in [-0.25, -0.2) is 0 Å². The lowest BCUT2D eigenvalue weighted by molar-refractivity contribution is -0.130. The van der Waals surface area contributed by atoms with Gasteiger partial charge in [-0.3, -0.25) is 25.4 Å². The molecule has 2 aromatic rings. The number of nitrogens with one attached hydrogen (secondary N) is 2. The van der Waals surface area contributed by atoms with Gasteiger partial charge in [-0.15, -0.1) is 0 Å². The van der Waals surface area contributed by atoms with Gasteiger partial charge in [0.2, 0.25) is 0 Å². The van der Waals surface area contributed by atoms with Gasteiger partial charge in [0.15, 0.2) is 0 Å². The molecule has 120 valence electrons. The predicted octanol–water partition coefficient (Wildman–Crippen LogP) is 1.41. The fraction of sp³-hybridized carbons (Fsp3) is 0.267. The van der Waals surface area contributed by atoms with Crippen molar-refractivity contribution in [2.75, 3.05) is 12.3 Å². The predicted molar refractivity (Wildman–Crippen MR) is 85.7 cm³/mol. The van der Waals surface area contributed by atoms with Crippen molar-refractivity contribution in [1.29, 1.82) is 0 Å². The van der Waals surface area contributed by atoms with Gasteiger partial charge >= 0.3 is 0 Å². The second kappa shape index (κ2) is 6.39. The van der Waals surface area contributed by atoms with Gasteiger partial charge in [-0.2, -0.15) is 0 Å². The Morgan fingerprint density at radius 1 is 1.35 bits per heavy atom. The molecule has 23 heavy (non-hydrogen) atoms. The minimum absolute atomic E-state index is 0.160. The molecule has 1 saturated heterocycles. The number of carbonyl (C=O) groups is 2. The van der Waals surface area contributed by atoms with Crippen molar-refractivity contribution in [2.45, 2.75) is 18.9 Å². The number of rotatable bonds is 2. The third kappa shape index (κ3) is 3.20. The van der Waals surface area contributed by atoms with Gasteiger partial charge in [0.25, 0.3) is 11.8 Å². The van der Waals surface area contributed by atoms with E-state index in [1.807, 2.05) is 0 Å². The Hall–Kier alpha value is -2.38. The number of aromatic nitrogens is 1. The molecule has 3 rings (SSSR count). The van der Waals surface area contributed by atoms with Crippen molar-refractivity contribution in [3.63, 3.8) is 0 Å². The molecule has 1 atom stereocenters. The third-order valence-electron chi connectivity index (χ3n) is 3.64. The van der Waals surface area contributed by atoms with E-state index in [1.165, 1.54) is 6.20 Å². The summed E-state index contributed by atoms with van der Waals surface area (Å²) < 4.78 is 5.23. The van der Waals surface area contributed by atoms with Crippen LogP contribution in [-0.2, 0) is 9.53 Å². The van der Waals surface area contributed by atoms with E-state index in [0.717, 1.165) is 6.42 Å². The van der Waals surface area contributed by atoms with Gasteiger partial charge in [-0.05, 0) is 31.0 Å². The van der Waals surface area contributed by atoms with Crippen molar-refractivity contribution in [2.24, 2.45) is 0 Å². The van der Waals surface area contributed by atoms with Gasteiger partial charge in [0, 0.05) is 23.2 Å². The van der Waals surface area contributed by atoms with E-state index < -0.39 is 12.0 Å². The molecule has 0 spiro atoms.